The lowest BCUT2D eigenvalue weighted by atomic mass is 10.1. The SMILES string of the molecule is O=C(O)c1cccc(CS(=O)(=O)Nc2cccnc2)c1. The molecule has 20 heavy (non-hydrogen) atoms. The van der Waals surface area contributed by atoms with Crippen LogP contribution in [0.3, 0.4) is 0 Å². The highest BCUT2D eigenvalue weighted by Crippen LogP contribution is 2.12. The van der Waals surface area contributed by atoms with E-state index in [1.807, 2.05) is 0 Å². The van der Waals surface area contributed by atoms with Crippen molar-refractivity contribution in [2.75, 3.05) is 4.72 Å². The van der Waals surface area contributed by atoms with Crippen LogP contribution in [0.25, 0.3) is 0 Å². The van der Waals surface area contributed by atoms with E-state index in [2.05, 4.69) is 9.71 Å². The summed E-state index contributed by atoms with van der Waals surface area (Å²) in [4.78, 5) is 14.6. The Balaban J connectivity index is 2.16. The lowest BCUT2D eigenvalue weighted by Gasteiger charge is -2.08. The van der Waals surface area contributed by atoms with E-state index >= 15 is 0 Å². The Morgan fingerprint density at radius 3 is 2.70 bits per heavy atom. The van der Waals surface area contributed by atoms with Crippen LogP contribution in [0.5, 0.6) is 0 Å². The van der Waals surface area contributed by atoms with Gasteiger partial charge < -0.3 is 5.11 Å². The Kier molecular flexibility index (Phi) is 3.99. The fourth-order valence-electron chi connectivity index (χ4n) is 1.65. The molecule has 0 fully saturated rings. The van der Waals surface area contributed by atoms with Crippen LogP contribution in [-0.4, -0.2) is 24.5 Å². The molecule has 2 N–H and O–H groups in total. The molecule has 0 atom stereocenters. The summed E-state index contributed by atoms with van der Waals surface area (Å²) in [6, 6.07) is 9.02. The van der Waals surface area contributed by atoms with E-state index in [1.54, 1.807) is 18.2 Å². The molecule has 104 valence electrons. The summed E-state index contributed by atoms with van der Waals surface area (Å²) < 4.78 is 26.3. The van der Waals surface area contributed by atoms with E-state index < -0.39 is 16.0 Å². The molecule has 1 aromatic carbocycles. The molecule has 1 heterocycles. The second-order valence-corrected chi connectivity index (χ2v) is 5.83. The first-order valence-electron chi connectivity index (χ1n) is 5.69. The van der Waals surface area contributed by atoms with Gasteiger partial charge in [0.05, 0.1) is 23.2 Å². The predicted octanol–water partition coefficient (Wildman–Crippen LogP) is 1.72. The van der Waals surface area contributed by atoms with Crippen LogP contribution in [0.15, 0.2) is 48.8 Å². The number of carboxylic acid groups (broad SMARTS) is 1. The first-order chi connectivity index (χ1) is 9.46. The number of benzene rings is 1. The van der Waals surface area contributed by atoms with Gasteiger partial charge in [0.2, 0.25) is 10.0 Å². The van der Waals surface area contributed by atoms with Gasteiger partial charge in [-0.25, -0.2) is 13.2 Å². The van der Waals surface area contributed by atoms with Gasteiger partial charge in [-0.2, -0.15) is 0 Å². The second kappa shape index (κ2) is 5.70. The molecule has 2 rings (SSSR count). The van der Waals surface area contributed by atoms with Crippen molar-refractivity contribution in [3.05, 3.63) is 59.9 Å². The maximum Gasteiger partial charge on any atom is 0.335 e. The third kappa shape index (κ3) is 3.79. The molecule has 0 bridgehead atoms. The number of rotatable bonds is 5. The van der Waals surface area contributed by atoms with E-state index in [0.717, 1.165) is 0 Å². The Hall–Kier alpha value is -2.41. The van der Waals surface area contributed by atoms with Gasteiger partial charge in [0.15, 0.2) is 0 Å². The van der Waals surface area contributed by atoms with Crippen LogP contribution in [0.4, 0.5) is 5.69 Å². The molecule has 2 aromatic rings. The fourth-order valence-corrected chi connectivity index (χ4v) is 2.82. The highest BCUT2D eigenvalue weighted by atomic mass is 32.2. The molecule has 0 spiro atoms. The summed E-state index contributed by atoms with van der Waals surface area (Å²) in [6.45, 7) is 0. The van der Waals surface area contributed by atoms with Crippen molar-refractivity contribution in [2.24, 2.45) is 0 Å². The molecule has 0 aliphatic heterocycles. The molecular weight excluding hydrogens is 280 g/mol. The molecule has 7 heteroatoms. The predicted molar refractivity (Wildman–Crippen MR) is 73.9 cm³/mol. The summed E-state index contributed by atoms with van der Waals surface area (Å²) in [7, 11) is -3.61. The van der Waals surface area contributed by atoms with E-state index in [-0.39, 0.29) is 11.3 Å². The van der Waals surface area contributed by atoms with E-state index in [0.29, 0.717) is 11.3 Å². The Labute approximate surface area is 116 Å². The summed E-state index contributed by atoms with van der Waals surface area (Å²) in [5.41, 5.74) is 0.822. The topological polar surface area (TPSA) is 96.4 Å². The lowest BCUT2D eigenvalue weighted by Crippen LogP contribution is -2.15. The van der Waals surface area contributed by atoms with Crippen LogP contribution in [0, 0.1) is 0 Å². The first-order valence-corrected chi connectivity index (χ1v) is 7.34. The number of hydrogen-bond acceptors (Lipinski definition) is 4. The quantitative estimate of drug-likeness (QED) is 0.874. The van der Waals surface area contributed by atoms with Gasteiger partial charge in [0, 0.05) is 6.20 Å². The minimum Gasteiger partial charge on any atom is -0.478 e. The number of anilines is 1. The molecule has 0 aliphatic carbocycles. The van der Waals surface area contributed by atoms with Crippen LogP contribution >= 0.6 is 0 Å². The summed E-state index contributed by atoms with van der Waals surface area (Å²) in [6.07, 6.45) is 2.93. The molecule has 0 amide bonds. The van der Waals surface area contributed by atoms with Gasteiger partial charge in [-0.05, 0) is 29.8 Å². The third-order valence-electron chi connectivity index (χ3n) is 2.47. The fraction of sp³-hybridized carbons (Fsp3) is 0.0769. The molecular formula is C13H12N2O4S. The number of nitrogens with zero attached hydrogens (tertiary/aromatic N) is 1. The molecule has 0 saturated carbocycles. The van der Waals surface area contributed by atoms with Gasteiger partial charge in [-0.3, -0.25) is 9.71 Å². The molecule has 0 aliphatic rings. The first kappa shape index (κ1) is 14.0. The number of sulfonamides is 1. The average molecular weight is 292 g/mol. The van der Waals surface area contributed by atoms with Crippen LogP contribution in [0.2, 0.25) is 0 Å². The van der Waals surface area contributed by atoms with Crippen molar-refractivity contribution in [1.82, 2.24) is 4.98 Å². The maximum absolute atomic E-state index is 12.0. The van der Waals surface area contributed by atoms with Crippen molar-refractivity contribution in [3.8, 4) is 0 Å². The summed E-state index contributed by atoms with van der Waals surface area (Å²) in [5, 5.41) is 8.87. The summed E-state index contributed by atoms with van der Waals surface area (Å²) in [5.74, 6) is -1.40. The van der Waals surface area contributed by atoms with Gasteiger partial charge in [-0.15, -0.1) is 0 Å². The number of carbonyl (C=O) groups is 1. The van der Waals surface area contributed by atoms with Gasteiger partial charge >= 0.3 is 5.97 Å². The van der Waals surface area contributed by atoms with Crippen molar-refractivity contribution >= 4 is 21.7 Å². The lowest BCUT2D eigenvalue weighted by molar-refractivity contribution is 0.0696. The zero-order valence-corrected chi connectivity index (χ0v) is 11.2. The molecule has 0 radical (unpaired) electrons. The largest absolute Gasteiger partial charge is 0.478 e. The highest BCUT2D eigenvalue weighted by Gasteiger charge is 2.13. The number of hydrogen-bond donors (Lipinski definition) is 2. The van der Waals surface area contributed by atoms with Crippen molar-refractivity contribution < 1.29 is 18.3 Å². The number of nitrogens with one attached hydrogen (secondary N) is 1. The number of carboxylic acids is 1. The third-order valence-corrected chi connectivity index (χ3v) is 3.73. The molecule has 0 saturated heterocycles. The van der Waals surface area contributed by atoms with Crippen LogP contribution < -0.4 is 4.72 Å². The Morgan fingerprint density at radius 1 is 1.25 bits per heavy atom. The molecule has 0 unspecified atom stereocenters. The highest BCUT2D eigenvalue weighted by molar-refractivity contribution is 7.91. The average Bonchev–Trinajstić information content (AvgIpc) is 2.39. The van der Waals surface area contributed by atoms with Crippen molar-refractivity contribution in [1.29, 1.82) is 0 Å². The van der Waals surface area contributed by atoms with Crippen LogP contribution in [0.1, 0.15) is 15.9 Å². The Bertz CT molecular complexity index is 714. The van der Waals surface area contributed by atoms with Crippen molar-refractivity contribution in [2.45, 2.75) is 5.75 Å². The Morgan fingerprint density at radius 2 is 2.05 bits per heavy atom. The normalized spacial score (nSPS) is 11.0. The number of aromatic carboxylic acids is 1. The zero-order valence-electron chi connectivity index (χ0n) is 10.4. The monoisotopic (exact) mass is 292 g/mol. The van der Waals surface area contributed by atoms with Crippen LogP contribution in [-0.2, 0) is 15.8 Å². The standard InChI is InChI=1S/C13H12N2O4S/c16-13(17)11-4-1-3-10(7-11)9-20(18,19)15-12-5-2-6-14-8-12/h1-8,15H,9H2,(H,16,17). The molecule has 6 nitrogen and oxygen atoms in total. The smallest absolute Gasteiger partial charge is 0.335 e. The van der Waals surface area contributed by atoms with Gasteiger partial charge in [-0.1, -0.05) is 12.1 Å². The second-order valence-electron chi connectivity index (χ2n) is 4.11. The van der Waals surface area contributed by atoms with Crippen molar-refractivity contribution in [3.63, 3.8) is 0 Å². The van der Waals surface area contributed by atoms with Gasteiger partial charge in [0.1, 0.15) is 0 Å². The number of pyridine rings is 1. The zero-order chi connectivity index (χ0) is 14.6. The van der Waals surface area contributed by atoms with E-state index in [4.69, 9.17) is 5.11 Å². The van der Waals surface area contributed by atoms with Gasteiger partial charge in [0.25, 0.3) is 0 Å². The van der Waals surface area contributed by atoms with E-state index in [1.165, 1.54) is 30.6 Å². The molecule has 1 aromatic heterocycles. The minimum atomic E-state index is -3.61. The minimum absolute atomic E-state index is 0.0547. The summed E-state index contributed by atoms with van der Waals surface area (Å²) >= 11 is 0. The number of aromatic nitrogens is 1. The van der Waals surface area contributed by atoms with E-state index in [9.17, 15) is 13.2 Å². The maximum atomic E-state index is 12.0.